The van der Waals surface area contributed by atoms with Crippen LogP contribution in [-0.4, -0.2) is 26.9 Å². The molecule has 2 aromatic heterocycles. The van der Waals surface area contributed by atoms with Gasteiger partial charge in [0.25, 0.3) is 0 Å². The van der Waals surface area contributed by atoms with Gasteiger partial charge in [-0.05, 0) is 51.0 Å². The molecule has 1 aliphatic rings. The van der Waals surface area contributed by atoms with Crippen molar-refractivity contribution in [2.75, 3.05) is 0 Å². The molecule has 0 aliphatic carbocycles. The molecule has 25 heavy (non-hydrogen) atoms. The smallest absolute Gasteiger partial charge is 0.308 e. The van der Waals surface area contributed by atoms with Crippen LogP contribution in [0.4, 0.5) is 0 Å². The minimum Gasteiger partial charge on any atom is -0.481 e. The second kappa shape index (κ2) is 6.70. The highest BCUT2D eigenvalue weighted by atomic mass is 16.4. The third kappa shape index (κ3) is 3.16. The zero-order chi connectivity index (χ0) is 18.1. The quantitative estimate of drug-likeness (QED) is 0.920. The molecule has 3 unspecified atom stereocenters. The lowest BCUT2D eigenvalue weighted by atomic mass is 9.83. The summed E-state index contributed by atoms with van der Waals surface area (Å²) in [6, 6.07) is 4.69. The Balaban J connectivity index is 2.07. The zero-order valence-electron chi connectivity index (χ0n) is 14.6. The average Bonchev–Trinajstić information content (AvgIpc) is 2.92. The molecule has 1 saturated heterocycles. The molecule has 6 nitrogen and oxygen atoms in total. The molecule has 1 aliphatic heterocycles. The van der Waals surface area contributed by atoms with Gasteiger partial charge in [-0.25, -0.2) is 0 Å². The molecule has 0 saturated carbocycles. The Bertz CT molecular complexity index is 784. The van der Waals surface area contributed by atoms with Crippen molar-refractivity contribution in [3.8, 4) is 0 Å². The van der Waals surface area contributed by atoms with E-state index in [1.165, 1.54) is 0 Å². The summed E-state index contributed by atoms with van der Waals surface area (Å²) in [6.45, 7) is 5.65. The van der Waals surface area contributed by atoms with Gasteiger partial charge in [0.1, 0.15) is 11.5 Å². The van der Waals surface area contributed by atoms with E-state index >= 15 is 0 Å². The number of carboxylic acids is 1. The number of aliphatic carboxylic acids is 1. The van der Waals surface area contributed by atoms with Crippen LogP contribution >= 0.6 is 0 Å². The summed E-state index contributed by atoms with van der Waals surface area (Å²) in [4.78, 5) is 30.3. The van der Waals surface area contributed by atoms with Crippen molar-refractivity contribution < 1.29 is 19.1 Å². The third-order valence-electron chi connectivity index (χ3n) is 4.95. The van der Waals surface area contributed by atoms with Crippen LogP contribution in [0.1, 0.15) is 54.5 Å². The number of likely N-dealkylation sites (tertiary alicyclic amines) is 1. The molecule has 3 rings (SSSR count). The Morgan fingerprint density at radius 3 is 2.60 bits per heavy atom. The predicted octanol–water partition coefficient (Wildman–Crippen LogP) is 3.42. The maximum Gasteiger partial charge on any atom is 0.308 e. The molecule has 0 bridgehead atoms. The first-order valence-corrected chi connectivity index (χ1v) is 8.41. The van der Waals surface area contributed by atoms with Gasteiger partial charge in [-0.2, -0.15) is 0 Å². The lowest BCUT2D eigenvalue weighted by Gasteiger charge is -2.43. The van der Waals surface area contributed by atoms with E-state index in [0.717, 1.165) is 22.6 Å². The van der Waals surface area contributed by atoms with Gasteiger partial charge in [-0.15, -0.1) is 0 Å². The molecule has 3 heterocycles. The van der Waals surface area contributed by atoms with Crippen LogP contribution in [0.3, 0.4) is 0 Å². The first-order valence-electron chi connectivity index (χ1n) is 8.41. The number of aryl methyl sites for hydroxylation is 2. The van der Waals surface area contributed by atoms with E-state index in [0.29, 0.717) is 6.42 Å². The van der Waals surface area contributed by atoms with Crippen LogP contribution in [0.2, 0.25) is 0 Å². The van der Waals surface area contributed by atoms with Crippen molar-refractivity contribution in [3.63, 3.8) is 0 Å². The van der Waals surface area contributed by atoms with Gasteiger partial charge in [0.15, 0.2) is 0 Å². The number of carboxylic acid groups (broad SMARTS) is 1. The maximum atomic E-state index is 12.8. The molecule has 0 radical (unpaired) electrons. The van der Waals surface area contributed by atoms with Crippen LogP contribution in [0.15, 0.2) is 35.0 Å². The number of hydrogen-bond acceptors (Lipinski definition) is 4. The summed E-state index contributed by atoms with van der Waals surface area (Å²) >= 11 is 0. The number of piperidine rings is 1. The normalized spacial score (nSPS) is 22.0. The highest BCUT2D eigenvalue weighted by Gasteiger charge is 2.43. The number of carbonyl (C=O) groups is 2. The topological polar surface area (TPSA) is 83.6 Å². The summed E-state index contributed by atoms with van der Waals surface area (Å²) < 4.78 is 5.61. The van der Waals surface area contributed by atoms with Crippen LogP contribution < -0.4 is 0 Å². The van der Waals surface area contributed by atoms with Crippen LogP contribution in [0, 0.1) is 19.8 Å². The monoisotopic (exact) mass is 342 g/mol. The van der Waals surface area contributed by atoms with Crippen molar-refractivity contribution >= 4 is 11.9 Å². The highest BCUT2D eigenvalue weighted by molar-refractivity contribution is 5.82. The number of aromatic nitrogens is 1. The second-order valence-electron chi connectivity index (χ2n) is 6.55. The van der Waals surface area contributed by atoms with Crippen LogP contribution in [0.5, 0.6) is 0 Å². The molecule has 6 heteroatoms. The summed E-state index contributed by atoms with van der Waals surface area (Å²) in [5.74, 6) is -0.0321. The van der Waals surface area contributed by atoms with Gasteiger partial charge in [-0.3, -0.25) is 14.6 Å². The molecular formula is C19H22N2O4. The van der Waals surface area contributed by atoms with Gasteiger partial charge >= 0.3 is 5.97 Å². The SMILES string of the molecule is Cc1cc(C(C)N2C(=O)CCC(C(=O)O)C2c2ccncc2)c(C)o1. The molecule has 1 fully saturated rings. The molecule has 0 aromatic carbocycles. The Morgan fingerprint density at radius 1 is 1.36 bits per heavy atom. The van der Waals surface area contributed by atoms with E-state index in [9.17, 15) is 14.7 Å². The average molecular weight is 342 g/mol. The highest BCUT2D eigenvalue weighted by Crippen LogP contribution is 2.42. The number of nitrogens with zero attached hydrogens (tertiary/aromatic N) is 2. The van der Waals surface area contributed by atoms with Crippen molar-refractivity contribution in [2.45, 2.75) is 45.7 Å². The fraction of sp³-hybridized carbons (Fsp3) is 0.421. The molecule has 1 N–H and O–H groups in total. The van der Waals surface area contributed by atoms with Gasteiger partial charge < -0.3 is 14.4 Å². The maximum absolute atomic E-state index is 12.8. The molecular weight excluding hydrogens is 320 g/mol. The van der Waals surface area contributed by atoms with Crippen molar-refractivity contribution in [2.24, 2.45) is 5.92 Å². The van der Waals surface area contributed by atoms with E-state index in [-0.39, 0.29) is 18.4 Å². The Kier molecular flexibility index (Phi) is 4.61. The Hall–Kier alpha value is -2.63. The van der Waals surface area contributed by atoms with E-state index in [1.54, 1.807) is 29.4 Å². The predicted molar refractivity (Wildman–Crippen MR) is 90.8 cm³/mol. The minimum atomic E-state index is -0.883. The largest absolute Gasteiger partial charge is 0.481 e. The summed E-state index contributed by atoms with van der Waals surface area (Å²) in [7, 11) is 0. The number of rotatable bonds is 4. The van der Waals surface area contributed by atoms with Gasteiger partial charge in [-0.1, -0.05) is 0 Å². The van der Waals surface area contributed by atoms with E-state index in [2.05, 4.69) is 4.98 Å². The first-order chi connectivity index (χ1) is 11.9. The summed E-state index contributed by atoms with van der Waals surface area (Å²) in [6.07, 6.45) is 3.83. The van der Waals surface area contributed by atoms with Crippen LogP contribution in [-0.2, 0) is 9.59 Å². The number of furan rings is 1. The molecule has 1 amide bonds. The van der Waals surface area contributed by atoms with Gasteiger partial charge in [0.2, 0.25) is 5.91 Å². The van der Waals surface area contributed by atoms with Crippen molar-refractivity contribution in [1.82, 2.24) is 9.88 Å². The lowest BCUT2D eigenvalue weighted by molar-refractivity contribution is -0.154. The van der Waals surface area contributed by atoms with Crippen molar-refractivity contribution in [3.05, 3.63) is 53.2 Å². The van der Waals surface area contributed by atoms with Crippen LogP contribution in [0.25, 0.3) is 0 Å². The Labute approximate surface area is 146 Å². The first kappa shape index (κ1) is 17.2. The molecule has 0 spiro atoms. The third-order valence-corrected chi connectivity index (χ3v) is 4.95. The second-order valence-corrected chi connectivity index (χ2v) is 6.55. The van der Waals surface area contributed by atoms with Crippen molar-refractivity contribution in [1.29, 1.82) is 0 Å². The fourth-order valence-electron chi connectivity index (χ4n) is 3.80. The molecule has 2 aromatic rings. The number of amides is 1. The summed E-state index contributed by atoms with van der Waals surface area (Å²) in [5, 5.41) is 9.71. The number of carbonyl (C=O) groups excluding carboxylic acids is 1. The summed E-state index contributed by atoms with van der Waals surface area (Å²) in [5.41, 5.74) is 1.70. The standard InChI is InChI=1S/C19H22N2O4/c1-11-10-16(13(3)25-11)12(2)21-17(22)5-4-15(19(23)24)18(21)14-6-8-20-9-7-14/h6-10,12,15,18H,4-5H2,1-3H3,(H,23,24). The Morgan fingerprint density at radius 2 is 2.04 bits per heavy atom. The zero-order valence-corrected chi connectivity index (χ0v) is 14.6. The minimum absolute atomic E-state index is 0.0370. The molecule has 3 atom stereocenters. The van der Waals surface area contributed by atoms with E-state index in [1.807, 2.05) is 26.8 Å². The van der Waals surface area contributed by atoms with Gasteiger partial charge in [0.05, 0.1) is 18.0 Å². The van der Waals surface area contributed by atoms with E-state index < -0.39 is 17.9 Å². The van der Waals surface area contributed by atoms with Gasteiger partial charge in [0, 0.05) is 24.4 Å². The van der Waals surface area contributed by atoms with E-state index in [4.69, 9.17) is 4.42 Å². The fourth-order valence-corrected chi connectivity index (χ4v) is 3.80. The lowest BCUT2D eigenvalue weighted by Crippen LogP contribution is -2.46. The number of hydrogen-bond donors (Lipinski definition) is 1. The number of pyridine rings is 1. The molecule has 132 valence electrons.